The minimum absolute atomic E-state index is 0.481. The molecule has 20 heavy (non-hydrogen) atoms. The van der Waals surface area contributed by atoms with Crippen molar-refractivity contribution in [2.75, 3.05) is 7.05 Å². The Morgan fingerprint density at radius 1 is 1.30 bits per heavy atom. The van der Waals surface area contributed by atoms with Gasteiger partial charge in [0.15, 0.2) is 0 Å². The van der Waals surface area contributed by atoms with Gasteiger partial charge in [-0.2, -0.15) is 5.26 Å². The van der Waals surface area contributed by atoms with Gasteiger partial charge in [0.25, 0.3) is 0 Å². The van der Waals surface area contributed by atoms with E-state index in [0.717, 1.165) is 23.6 Å². The van der Waals surface area contributed by atoms with Crippen molar-refractivity contribution in [3.8, 4) is 17.6 Å². The first-order valence-electron chi connectivity index (χ1n) is 6.43. The quantitative estimate of drug-likeness (QED) is 0.924. The lowest BCUT2D eigenvalue weighted by molar-refractivity contribution is 0.478. The molecule has 2 rings (SSSR count). The molecule has 2 aromatic rings. The second-order valence-electron chi connectivity index (χ2n) is 4.61. The van der Waals surface area contributed by atoms with Crippen molar-refractivity contribution in [3.05, 3.63) is 52.8 Å². The maximum Gasteiger partial charge on any atom is 0.148 e. The number of nitrogens with zero attached hydrogens (tertiary/aromatic N) is 2. The molecule has 0 aliphatic heterocycles. The number of hydrogen-bond acceptors (Lipinski definition) is 4. The van der Waals surface area contributed by atoms with E-state index in [0.29, 0.717) is 17.0 Å². The Labute approximate surface area is 119 Å². The molecule has 0 bridgehead atoms. The zero-order chi connectivity index (χ0) is 14.5. The molecule has 1 N–H and O–H groups in total. The zero-order valence-electron chi connectivity index (χ0n) is 11.9. The lowest BCUT2D eigenvalue weighted by Crippen LogP contribution is -2.04. The van der Waals surface area contributed by atoms with E-state index in [2.05, 4.69) is 16.4 Å². The highest BCUT2D eigenvalue weighted by molar-refractivity contribution is 5.48. The first kappa shape index (κ1) is 14.0. The van der Waals surface area contributed by atoms with Crippen LogP contribution in [0, 0.1) is 25.2 Å². The van der Waals surface area contributed by atoms with Gasteiger partial charge in [0.1, 0.15) is 23.1 Å². The van der Waals surface area contributed by atoms with Crippen molar-refractivity contribution >= 4 is 0 Å². The first-order valence-corrected chi connectivity index (χ1v) is 6.43. The number of aryl methyl sites for hydroxylation is 2. The Kier molecular flexibility index (Phi) is 4.34. The summed E-state index contributed by atoms with van der Waals surface area (Å²) in [4.78, 5) is 4.28. The molecular weight excluding hydrogens is 250 g/mol. The molecule has 0 fully saturated rings. The molecule has 0 saturated carbocycles. The summed E-state index contributed by atoms with van der Waals surface area (Å²) < 4.78 is 5.86. The monoisotopic (exact) mass is 267 g/mol. The molecule has 1 aromatic carbocycles. The molecule has 1 aromatic heterocycles. The molecule has 4 heteroatoms. The number of rotatable bonds is 4. The van der Waals surface area contributed by atoms with Crippen LogP contribution in [0.5, 0.6) is 11.5 Å². The molecule has 0 atom stereocenters. The Hall–Kier alpha value is -2.38. The molecule has 1 heterocycles. The van der Waals surface area contributed by atoms with E-state index in [9.17, 15) is 5.26 Å². The van der Waals surface area contributed by atoms with Crippen LogP contribution in [0.3, 0.4) is 0 Å². The van der Waals surface area contributed by atoms with Crippen molar-refractivity contribution in [2.24, 2.45) is 0 Å². The van der Waals surface area contributed by atoms with Crippen molar-refractivity contribution in [1.82, 2.24) is 10.3 Å². The van der Waals surface area contributed by atoms with Crippen molar-refractivity contribution < 1.29 is 4.74 Å². The number of nitrogens with one attached hydrogen (secondary N) is 1. The standard InChI is InChI=1S/C16H17N3O/c1-11-7-16(15(9-17)12(2)19-11)20-14-6-4-5-13(8-14)10-18-3/h4-8,18H,10H2,1-3H3. The Morgan fingerprint density at radius 2 is 2.10 bits per heavy atom. The van der Waals surface area contributed by atoms with Crippen LogP contribution >= 0.6 is 0 Å². The molecule has 0 aliphatic rings. The summed E-state index contributed by atoms with van der Waals surface area (Å²) in [6.45, 7) is 4.48. The van der Waals surface area contributed by atoms with E-state index >= 15 is 0 Å². The number of pyridine rings is 1. The maximum absolute atomic E-state index is 9.23. The van der Waals surface area contributed by atoms with Crippen LogP contribution in [0.4, 0.5) is 0 Å². The second-order valence-corrected chi connectivity index (χ2v) is 4.61. The molecule has 0 saturated heterocycles. The number of aromatic nitrogens is 1. The third-order valence-electron chi connectivity index (χ3n) is 2.91. The summed E-state index contributed by atoms with van der Waals surface area (Å²) in [5.41, 5.74) is 3.14. The fourth-order valence-corrected chi connectivity index (χ4v) is 2.06. The van der Waals surface area contributed by atoms with E-state index in [-0.39, 0.29) is 0 Å². The summed E-state index contributed by atoms with van der Waals surface area (Å²) in [7, 11) is 1.90. The van der Waals surface area contributed by atoms with Gasteiger partial charge in [-0.1, -0.05) is 12.1 Å². The fraction of sp³-hybridized carbons (Fsp3) is 0.250. The van der Waals surface area contributed by atoms with Crippen molar-refractivity contribution in [1.29, 1.82) is 5.26 Å². The molecule has 0 amide bonds. The highest BCUT2D eigenvalue weighted by Crippen LogP contribution is 2.27. The predicted octanol–water partition coefficient (Wildman–Crippen LogP) is 3.08. The number of benzene rings is 1. The Balaban J connectivity index is 2.35. The number of hydrogen-bond donors (Lipinski definition) is 1. The molecule has 0 spiro atoms. The van der Waals surface area contributed by atoms with Gasteiger partial charge in [0.2, 0.25) is 0 Å². The topological polar surface area (TPSA) is 57.9 Å². The fourth-order valence-electron chi connectivity index (χ4n) is 2.06. The average Bonchev–Trinajstić information content (AvgIpc) is 2.39. The Morgan fingerprint density at radius 3 is 2.80 bits per heavy atom. The summed E-state index contributed by atoms with van der Waals surface area (Å²) in [5, 5.41) is 12.3. The third kappa shape index (κ3) is 3.14. The minimum atomic E-state index is 0.481. The van der Waals surface area contributed by atoms with Crippen LogP contribution in [0.25, 0.3) is 0 Å². The van der Waals surface area contributed by atoms with Crippen LogP contribution in [0.2, 0.25) is 0 Å². The minimum Gasteiger partial charge on any atom is -0.456 e. The van der Waals surface area contributed by atoms with Crippen LogP contribution in [-0.2, 0) is 6.54 Å². The van der Waals surface area contributed by atoms with E-state index in [1.165, 1.54) is 0 Å². The summed E-state index contributed by atoms with van der Waals surface area (Å²) in [6, 6.07) is 11.7. The SMILES string of the molecule is CNCc1cccc(Oc2cc(C)nc(C)c2C#N)c1. The molecule has 102 valence electrons. The van der Waals surface area contributed by atoms with Gasteiger partial charge in [-0.3, -0.25) is 4.98 Å². The van der Waals surface area contributed by atoms with Crippen molar-refractivity contribution in [3.63, 3.8) is 0 Å². The lowest BCUT2D eigenvalue weighted by Gasteiger charge is -2.11. The highest BCUT2D eigenvalue weighted by Gasteiger charge is 2.10. The van der Waals surface area contributed by atoms with Crippen LogP contribution in [-0.4, -0.2) is 12.0 Å². The summed E-state index contributed by atoms with van der Waals surface area (Å²) in [5.74, 6) is 1.28. The van der Waals surface area contributed by atoms with Gasteiger partial charge >= 0.3 is 0 Å². The normalized spacial score (nSPS) is 10.1. The van der Waals surface area contributed by atoms with Gasteiger partial charge in [0.05, 0.1) is 5.69 Å². The van der Waals surface area contributed by atoms with Crippen LogP contribution in [0.15, 0.2) is 30.3 Å². The highest BCUT2D eigenvalue weighted by atomic mass is 16.5. The van der Waals surface area contributed by atoms with Gasteiger partial charge in [-0.15, -0.1) is 0 Å². The largest absolute Gasteiger partial charge is 0.456 e. The summed E-state index contributed by atoms with van der Waals surface area (Å²) >= 11 is 0. The second kappa shape index (κ2) is 6.18. The predicted molar refractivity (Wildman–Crippen MR) is 77.7 cm³/mol. The molecule has 0 aliphatic carbocycles. The van der Waals surface area contributed by atoms with Gasteiger partial charge < -0.3 is 10.1 Å². The first-order chi connectivity index (χ1) is 9.63. The van der Waals surface area contributed by atoms with E-state index < -0.39 is 0 Å². The van der Waals surface area contributed by atoms with E-state index in [1.807, 2.05) is 45.2 Å². The summed E-state index contributed by atoms with van der Waals surface area (Å²) in [6.07, 6.45) is 0. The van der Waals surface area contributed by atoms with E-state index in [1.54, 1.807) is 6.07 Å². The molecule has 0 radical (unpaired) electrons. The van der Waals surface area contributed by atoms with Crippen LogP contribution < -0.4 is 10.1 Å². The van der Waals surface area contributed by atoms with Gasteiger partial charge in [-0.05, 0) is 38.6 Å². The van der Waals surface area contributed by atoms with E-state index in [4.69, 9.17) is 4.74 Å². The lowest BCUT2D eigenvalue weighted by atomic mass is 10.1. The molecular formula is C16H17N3O. The van der Waals surface area contributed by atoms with Crippen LogP contribution in [0.1, 0.15) is 22.5 Å². The number of nitriles is 1. The Bertz CT molecular complexity index is 659. The average molecular weight is 267 g/mol. The number of ether oxygens (including phenoxy) is 1. The smallest absolute Gasteiger partial charge is 0.148 e. The molecule has 4 nitrogen and oxygen atoms in total. The van der Waals surface area contributed by atoms with Gasteiger partial charge in [0, 0.05) is 18.3 Å². The van der Waals surface area contributed by atoms with Crippen molar-refractivity contribution in [2.45, 2.75) is 20.4 Å². The third-order valence-corrected chi connectivity index (χ3v) is 2.91. The molecule has 0 unspecified atom stereocenters. The van der Waals surface area contributed by atoms with Gasteiger partial charge in [-0.25, -0.2) is 0 Å². The zero-order valence-corrected chi connectivity index (χ0v) is 11.9. The maximum atomic E-state index is 9.23.